The normalized spacial score (nSPS) is 10.5. The Labute approximate surface area is 108 Å². The van der Waals surface area contributed by atoms with E-state index >= 15 is 0 Å². The van der Waals surface area contributed by atoms with E-state index < -0.39 is 34.8 Å². The quantitative estimate of drug-likeness (QED) is 0.266. The van der Waals surface area contributed by atoms with Crippen LogP contribution in [0.15, 0.2) is 12.4 Å². The largest absolute Gasteiger partial charge is 0.334 e. The van der Waals surface area contributed by atoms with E-state index in [1.54, 1.807) is 0 Å². The van der Waals surface area contributed by atoms with Crippen LogP contribution in [0.4, 0.5) is 39.3 Å². The molecule has 1 aromatic heterocycles. The molecule has 0 spiro atoms. The number of nitrogens with zero attached hydrogens (tertiary/aromatic N) is 2. The van der Waals surface area contributed by atoms with Gasteiger partial charge in [-0.25, -0.2) is 32.8 Å². The lowest BCUT2D eigenvalue weighted by molar-refractivity contribution is 0.382. The van der Waals surface area contributed by atoms with Crippen LogP contribution in [0.3, 0.4) is 0 Å². The van der Waals surface area contributed by atoms with E-state index in [1.807, 2.05) is 5.32 Å². The predicted octanol–water partition coefficient (Wildman–Crippen LogP) is 2.20. The van der Waals surface area contributed by atoms with Crippen LogP contribution in [0, 0.1) is 29.1 Å². The first-order valence-corrected chi connectivity index (χ1v) is 5.02. The first-order chi connectivity index (χ1) is 9.45. The summed E-state index contributed by atoms with van der Waals surface area (Å²) in [7, 11) is 0. The van der Waals surface area contributed by atoms with E-state index in [2.05, 4.69) is 15.4 Å². The fourth-order valence-corrected chi connectivity index (χ4v) is 1.34. The molecular formula is C10H6F5N5. The summed E-state index contributed by atoms with van der Waals surface area (Å²) >= 11 is 0. The van der Waals surface area contributed by atoms with Crippen LogP contribution in [-0.2, 0) is 0 Å². The summed E-state index contributed by atoms with van der Waals surface area (Å²) in [4.78, 5) is 7.27. The minimum atomic E-state index is -2.24. The van der Waals surface area contributed by atoms with E-state index in [9.17, 15) is 22.0 Å². The summed E-state index contributed by atoms with van der Waals surface area (Å²) in [5.41, 5.74) is 0.873. The van der Waals surface area contributed by atoms with Gasteiger partial charge in [-0.1, -0.05) is 0 Å². The van der Waals surface area contributed by atoms with Gasteiger partial charge in [0.2, 0.25) is 5.82 Å². The Morgan fingerprint density at radius 2 is 1.30 bits per heavy atom. The van der Waals surface area contributed by atoms with Gasteiger partial charge in [-0.05, 0) is 0 Å². The molecule has 0 unspecified atom stereocenters. The Bertz CT molecular complexity index is 634. The van der Waals surface area contributed by atoms with E-state index in [1.165, 1.54) is 6.20 Å². The first kappa shape index (κ1) is 13.9. The first-order valence-electron chi connectivity index (χ1n) is 5.02. The van der Waals surface area contributed by atoms with Crippen molar-refractivity contribution in [1.82, 2.24) is 9.97 Å². The molecule has 0 aliphatic rings. The standard InChI is InChI=1S/C10H6F5N5/c11-5-6(12)8(14)10(9(15)7(5)13)19-3-1-17-2-4(18-3)20-16/h1-2H,16H2,(H2,18,19,20). The van der Waals surface area contributed by atoms with Crippen molar-refractivity contribution < 1.29 is 22.0 Å². The molecule has 2 aromatic rings. The zero-order valence-electron chi connectivity index (χ0n) is 9.52. The molecule has 5 nitrogen and oxygen atoms in total. The van der Waals surface area contributed by atoms with Crippen molar-refractivity contribution in [3.05, 3.63) is 41.5 Å². The molecule has 1 aromatic carbocycles. The van der Waals surface area contributed by atoms with Crippen LogP contribution in [0.5, 0.6) is 0 Å². The van der Waals surface area contributed by atoms with E-state index in [0.717, 1.165) is 6.20 Å². The summed E-state index contributed by atoms with van der Waals surface area (Å²) in [5, 5.41) is 1.96. The van der Waals surface area contributed by atoms with Crippen LogP contribution in [0.2, 0.25) is 0 Å². The highest BCUT2D eigenvalue weighted by atomic mass is 19.2. The van der Waals surface area contributed by atoms with E-state index in [-0.39, 0.29) is 11.6 Å². The molecule has 0 fully saturated rings. The molecule has 106 valence electrons. The molecule has 0 saturated carbocycles. The fraction of sp³-hybridized carbons (Fsp3) is 0. The van der Waals surface area contributed by atoms with Gasteiger partial charge in [-0.3, -0.25) is 4.98 Å². The fourth-order valence-electron chi connectivity index (χ4n) is 1.34. The number of anilines is 3. The van der Waals surface area contributed by atoms with Gasteiger partial charge in [-0.2, -0.15) is 0 Å². The lowest BCUT2D eigenvalue weighted by atomic mass is 10.2. The molecule has 0 aliphatic heterocycles. The Morgan fingerprint density at radius 3 is 1.85 bits per heavy atom. The summed E-state index contributed by atoms with van der Waals surface area (Å²) < 4.78 is 65.6. The van der Waals surface area contributed by atoms with Crippen LogP contribution >= 0.6 is 0 Å². The second kappa shape index (κ2) is 5.25. The highest BCUT2D eigenvalue weighted by Crippen LogP contribution is 2.29. The number of rotatable bonds is 3. The van der Waals surface area contributed by atoms with Crippen LogP contribution in [0.25, 0.3) is 0 Å². The summed E-state index contributed by atoms with van der Waals surface area (Å²) in [6, 6.07) is 0. The second-order valence-corrected chi connectivity index (χ2v) is 3.50. The maximum atomic E-state index is 13.4. The molecule has 1 heterocycles. The Balaban J connectivity index is 2.48. The van der Waals surface area contributed by atoms with Crippen molar-refractivity contribution in [2.45, 2.75) is 0 Å². The van der Waals surface area contributed by atoms with Gasteiger partial charge in [0.1, 0.15) is 5.69 Å². The van der Waals surface area contributed by atoms with Crippen molar-refractivity contribution in [2.24, 2.45) is 5.84 Å². The number of nitrogens with one attached hydrogen (secondary N) is 2. The molecule has 4 N–H and O–H groups in total. The molecule has 0 saturated heterocycles. The molecule has 20 heavy (non-hydrogen) atoms. The summed E-state index contributed by atoms with van der Waals surface area (Å²) in [6.45, 7) is 0. The van der Waals surface area contributed by atoms with Crippen molar-refractivity contribution in [2.75, 3.05) is 10.7 Å². The van der Waals surface area contributed by atoms with Crippen LogP contribution in [0.1, 0.15) is 0 Å². The minimum Gasteiger partial charge on any atom is -0.334 e. The minimum absolute atomic E-state index is 0.0267. The number of hydrogen-bond acceptors (Lipinski definition) is 5. The van der Waals surface area contributed by atoms with Crippen molar-refractivity contribution >= 4 is 17.3 Å². The Morgan fingerprint density at radius 1 is 0.800 bits per heavy atom. The van der Waals surface area contributed by atoms with Gasteiger partial charge in [0.15, 0.2) is 34.9 Å². The highest BCUT2D eigenvalue weighted by Gasteiger charge is 2.26. The Kier molecular flexibility index (Phi) is 3.66. The third-order valence-electron chi connectivity index (χ3n) is 2.25. The predicted molar refractivity (Wildman–Crippen MR) is 59.4 cm³/mol. The third kappa shape index (κ3) is 2.32. The van der Waals surface area contributed by atoms with Gasteiger partial charge in [0.05, 0.1) is 12.4 Å². The monoisotopic (exact) mass is 291 g/mol. The second-order valence-electron chi connectivity index (χ2n) is 3.50. The zero-order valence-corrected chi connectivity index (χ0v) is 9.52. The number of halogens is 5. The molecule has 0 bridgehead atoms. The summed E-state index contributed by atoms with van der Waals surface area (Å²) in [5.74, 6) is -5.57. The van der Waals surface area contributed by atoms with Crippen molar-refractivity contribution in [3.63, 3.8) is 0 Å². The highest BCUT2D eigenvalue weighted by molar-refractivity contribution is 5.58. The number of aromatic nitrogens is 2. The molecular weight excluding hydrogens is 285 g/mol. The molecule has 2 rings (SSSR count). The summed E-state index contributed by atoms with van der Waals surface area (Å²) in [6.07, 6.45) is 2.20. The van der Waals surface area contributed by atoms with E-state index in [4.69, 9.17) is 5.84 Å². The number of benzene rings is 1. The van der Waals surface area contributed by atoms with E-state index in [0.29, 0.717) is 0 Å². The maximum Gasteiger partial charge on any atom is 0.200 e. The number of hydrazine groups is 1. The van der Waals surface area contributed by atoms with Crippen LogP contribution < -0.4 is 16.6 Å². The van der Waals surface area contributed by atoms with Gasteiger partial charge in [-0.15, -0.1) is 0 Å². The average Bonchev–Trinajstić information content (AvgIpc) is 2.48. The van der Waals surface area contributed by atoms with Crippen molar-refractivity contribution in [3.8, 4) is 0 Å². The van der Waals surface area contributed by atoms with Gasteiger partial charge in [0.25, 0.3) is 0 Å². The SMILES string of the molecule is NNc1cncc(Nc2c(F)c(F)c(F)c(F)c2F)n1. The molecule has 0 amide bonds. The van der Waals surface area contributed by atoms with Crippen LogP contribution in [-0.4, -0.2) is 9.97 Å². The van der Waals surface area contributed by atoms with Gasteiger partial charge >= 0.3 is 0 Å². The molecule has 0 atom stereocenters. The van der Waals surface area contributed by atoms with Gasteiger partial charge < -0.3 is 10.7 Å². The van der Waals surface area contributed by atoms with Crippen molar-refractivity contribution in [1.29, 1.82) is 0 Å². The molecule has 0 aliphatic carbocycles. The topological polar surface area (TPSA) is 75.9 Å². The number of nitrogens with two attached hydrogens (primary N) is 1. The Hall–Kier alpha value is -2.49. The molecule has 10 heteroatoms. The van der Waals surface area contributed by atoms with Gasteiger partial charge in [0, 0.05) is 0 Å². The average molecular weight is 291 g/mol. The lowest BCUT2D eigenvalue weighted by Gasteiger charge is -2.10. The smallest absolute Gasteiger partial charge is 0.200 e. The molecule has 0 radical (unpaired) electrons. The maximum absolute atomic E-state index is 13.4. The lowest BCUT2D eigenvalue weighted by Crippen LogP contribution is -2.11. The third-order valence-corrected chi connectivity index (χ3v) is 2.25. The number of nitrogen functional groups attached to an aromatic ring is 1. The number of hydrogen-bond donors (Lipinski definition) is 3. The zero-order chi connectivity index (χ0) is 14.9.